The molecule has 2 amide bonds. The van der Waals surface area contributed by atoms with Crippen LogP contribution in [-0.4, -0.2) is 62.7 Å². The number of hydrogen-bond acceptors (Lipinski definition) is 5. The van der Waals surface area contributed by atoms with Gasteiger partial charge in [0, 0.05) is 48.2 Å². The largest absolute Gasteiger partial charge is 0.338 e. The molecule has 32 heavy (non-hydrogen) atoms. The van der Waals surface area contributed by atoms with Gasteiger partial charge in [0.05, 0.1) is 5.52 Å². The second-order valence-corrected chi connectivity index (χ2v) is 8.38. The smallest absolute Gasteiger partial charge is 0.317 e. The van der Waals surface area contributed by atoms with Crippen LogP contribution in [0.2, 0.25) is 5.02 Å². The van der Waals surface area contributed by atoms with Crippen LogP contribution in [0.3, 0.4) is 0 Å². The number of anilines is 1. The summed E-state index contributed by atoms with van der Waals surface area (Å²) in [6.07, 6.45) is 0. The second kappa shape index (κ2) is 8.27. The third-order valence-corrected chi connectivity index (χ3v) is 6.08. The van der Waals surface area contributed by atoms with Crippen LogP contribution in [0.1, 0.15) is 13.8 Å². The first-order chi connectivity index (χ1) is 15.6. The van der Waals surface area contributed by atoms with Crippen molar-refractivity contribution in [2.45, 2.75) is 19.9 Å². The van der Waals surface area contributed by atoms with E-state index in [1.165, 1.54) is 0 Å². The molecule has 1 saturated heterocycles. The summed E-state index contributed by atoms with van der Waals surface area (Å²) in [6.45, 7) is 6.55. The number of fused-ring (bicyclic) bond motifs is 3. The number of nitrogens with one attached hydrogen (secondary N) is 1. The zero-order chi connectivity index (χ0) is 22.2. The molecular formula is C23H24ClN7O. The first-order valence-electron chi connectivity index (χ1n) is 10.8. The van der Waals surface area contributed by atoms with Crippen LogP contribution in [0.5, 0.6) is 0 Å². The molecule has 1 unspecified atom stereocenters. The van der Waals surface area contributed by atoms with E-state index in [0.29, 0.717) is 37.0 Å². The van der Waals surface area contributed by atoms with Gasteiger partial charge in [0.2, 0.25) is 5.95 Å². The predicted octanol–water partition coefficient (Wildman–Crippen LogP) is 3.84. The minimum atomic E-state index is -0.0255. The van der Waals surface area contributed by atoms with Crippen molar-refractivity contribution in [1.82, 2.24) is 29.8 Å². The van der Waals surface area contributed by atoms with E-state index in [1.54, 1.807) is 0 Å². The summed E-state index contributed by atoms with van der Waals surface area (Å²) in [4.78, 5) is 21.5. The Kier molecular flexibility index (Phi) is 5.30. The van der Waals surface area contributed by atoms with Crippen LogP contribution < -0.4 is 10.2 Å². The van der Waals surface area contributed by atoms with E-state index < -0.39 is 0 Å². The Balaban J connectivity index is 1.62. The fourth-order valence-corrected chi connectivity index (χ4v) is 4.38. The number of para-hydroxylation sites is 1. The van der Waals surface area contributed by atoms with E-state index >= 15 is 0 Å². The number of halogens is 1. The van der Waals surface area contributed by atoms with Crippen LogP contribution in [0.25, 0.3) is 27.9 Å². The Bertz CT molecular complexity index is 1290. The van der Waals surface area contributed by atoms with Crippen molar-refractivity contribution in [3.8, 4) is 11.4 Å². The summed E-state index contributed by atoms with van der Waals surface area (Å²) in [5.41, 5.74) is 2.53. The number of hydrogen-bond donors (Lipinski definition) is 1. The molecule has 164 valence electrons. The highest BCUT2D eigenvalue weighted by Gasteiger charge is 2.30. The lowest BCUT2D eigenvalue weighted by Gasteiger charge is -2.40. The topological polar surface area (TPSA) is 78.7 Å². The van der Waals surface area contributed by atoms with Crippen LogP contribution in [0.4, 0.5) is 10.7 Å². The van der Waals surface area contributed by atoms with Crippen molar-refractivity contribution < 1.29 is 4.79 Å². The summed E-state index contributed by atoms with van der Waals surface area (Å²) in [5, 5.41) is 13.6. The maximum absolute atomic E-state index is 12.4. The van der Waals surface area contributed by atoms with Gasteiger partial charge in [0.25, 0.3) is 0 Å². The fraction of sp³-hybridized carbons (Fsp3) is 0.304. The van der Waals surface area contributed by atoms with Crippen LogP contribution >= 0.6 is 11.6 Å². The molecule has 5 rings (SSSR count). The van der Waals surface area contributed by atoms with E-state index in [4.69, 9.17) is 16.6 Å². The van der Waals surface area contributed by atoms with Crippen LogP contribution in [0, 0.1) is 0 Å². The monoisotopic (exact) mass is 449 g/mol. The Labute approximate surface area is 190 Å². The molecule has 9 heteroatoms. The highest BCUT2D eigenvalue weighted by Crippen LogP contribution is 2.30. The molecule has 1 fully saturated rings. The number of carbonyl (C=O) groups is 1. The van der Waals surface area contributed by atoms with Crippen LogP contribution in [-0.2, 0) is 0 Å². The molecule has 3 heterocycles. The van der Waals surface area contributed by atoms with Crippen molar-refractivity contribution in [1.29, 1.82) is 0 Å². The number of urea groups is 1. The van der Waals surface area contributed by atoms with Gasteiger partial charge in [-0.2, -0.15) is 0 Å². The van der Waals surface area contributed by atoms with Gasteiger partial charge in [-0.05, 0) is 50.2 Å². The van der Waals surface area contributed by atoms with Crippen molar-refractivity contribution in [3.63, 3.8) is 0 Å². The molecule has 1 aliphatic rings. The molecule has 4 aromatic rings. The third-order valence-electron chi connectivity index (χ3n) is 5.83. The molecular weight excluding hydrogens is 426 g/mol. The quantitative estimate of drug-likeness (QED) is 0.514. The maximum atomic E-state index is 12.4. The van der Waals surface area contributed by atoms with Gasteiger partial charge in [0.15, 0.2) is 11.5 Å². The first-order valence-corrected chi connectivity index (χ1v) is 11.1. The summed E-state index contributed by atoms with van der Waals surface area (Å²) in [7, 11) is 0. The highest BCUT2D eigenvalue weighted by molar-refractivity contribution is 6.30. The lowest BCUT2D eigenvalue weighted by Crippen LogP contribution is -2.57. The Hall–Kier alpha value is -3.39. The molecule has 1 N–H and O–H groups in total. The molecule has 2 aromatic carbocycles. The minimum absolute atomic E-state index is 0.0255. The third kappa shape index (κ3) is 3.50. The number of carbonyl (C=O) groups excluding carboxylic acids is 1. The summed E-state index contributed by atoms with van der Waals surface area (Å²) >= 11 is 6.10. The molecule has 0 bridgehead atoms. The summed E-state index contributed by atoms with van der Waals surface area (Å²) in [6, 6.07) is 15.5. The SMILES string of the molecule is CCNC(=O)N1CCN(c2nc3ccccc3c3nnc(-c4ccc(Cl)cc4)n23)CC1C. The number of benzene rings is 2. The Morgan fingerprint density at radius 1 is 1.12 bits per heavy atom. The van der Waals surface area contributed by atoms with E-state index in [0.717, 1.165) is 28.1 Å². The molecule has 0 radical (unpaired) electrons. The number of nitrogens with zero attached hydrogens (tertiary/aromatic N) is 6. The molecule has 1 aliphatic heterocycles. The minimum Gasteiger partial charge on any atom is -0.338 e. The van der Waals surface area contributed by atoms with Crippen molar-refractivity contribution >= 4 is 40.1 Å². The fourth-order valence-electron chi connectivity index (χ4n) is 4.26. The molecule has 2 aromatic heterocycles. The lowest BCUT2D eigenvalue weighted by molar-refractivity contribution is 0.171. The zero-order valence-corrected chi connectivity index (χ0v) is 18.8. The van der Waals surface area contributed by atoms with Crippen LogP contribution in [0.15, 0.2) is 48.5 Å². The highest BCUT2D eigenvalue weighted by atomic mass is 35.5. The number of piperazine rings is 1. The maximum Gasteiger partial charge on any atom is 0.317 e. The van der Waals surface area contributed by atoms with Crippen molar-refractivity contribution in [3.05, 3.63) is 53.6 Å². The summed E-state index contributed by atoms with van der Waals surface area (Å²) < 4.78 is 2.01. The van der Waals surface area contributed by atoms with Gasteiger partial charge < -0.3 is 15.1 Å². The van der Waals surface area contributed by atoms with E-state index in [9.17, 15) is 4.79 Å². The average molecular weight is 450 g/mol. The second-order valence-electron chi connectivity index (χ2n) is 7.94. The van der Waals surface area contributed by atoms with Gasteiger partial charge in [-0.3, -0.25) is 0 Å². The standard InChI is InChI=1S/C23H24ClN7O/c1-3-25-23(32)30-13-12-29(14-15(30)2)22-26-19-7-5-4-6-18(19)21-28-27-20(31(21)22)16-8-10-17(24)11-9-16/h4-11,15H,3,12-14H2,1-2H3,(H,25,32). The van der Waals surface area contributed by atoms with Gasteiger partial charge in [-0.15, -0.1) is 10.2 Å². The van der Waals surface area contributed by atoms with Gasteiger partial charge in [-0.25, -0.2) is 14.2 Å². The molecule has 0 aliphatic carbocycles. The number of rotatable bonds is 3. The van der Waals surface area contributed by atoms with E-state index in [1.807, 2.05) is 64.8 Å². The molecule has 8 nitrogen and oxygen atoms in total. The number of aromatic nitrogens is 4. The average Bonchev–Trinajstić information content (AvgIpc) is 3.24. The van der Waals surface area contributed by atoms with Gasteiger partial charge in [0.1, 0.15) is 0 Å². The first kappa shape index (κ1) is 20.5. The zero-order valence-electron chi connectivity index (χ0n) is 18.0. The Morgan fingerprint density at radius 2 is 1.91 bits per heavy atom. The van der Waals surface area contributed by atoms with Crippen molar-refractivity contribution in [2.75, 3.05) is 31.1 Å². The van der Waals surface area contributed by atoms with Gasteiger partial charge >= 0.3 is 6.03 Å². The van der Waals surface area contributed by atoms with Gasteiger partial charge in [-0.1, -0.05) is 23.7 Å². The predicted molar refractivity (Wildman–Crippen MR) is 126 cm³/mol. The van der Waals surface area contributed by atoms with E-state index in [2.05, 4.69) is 27.3 Å². The summed E-state index contributed by atoms with van der Waals surface area (Å²) in [5.74, 6) is 1.49. The van der Waals surface area contributed by atoms with Crippen molar-refractivity contribution in [2.24, 2.45) is 0 Å². The van der Waals surface area contributed by atoms with E-state index in [-0.39, 0.29) is 12.1 Å². The molecule has 0 saturated carbocycles. The lowest BCUT2D eigenvalue weighted by atomic mass is 10.2. The Morgan fingerprint density at radius 3 is 2.66 bits per heavy atom. The number of amides is 2. The molecule has 1 atom stereocenters. The normalized spacial score (nSPS) is 16.7. The molecule has 0 spiro atoms.